The first-order valence-electron chi connectivity index (χ1n) is 8.91. The number of likely N-dealkylation sites (N-methyl/N-ethyl adjacent to an activating group) is 1. The van der Waals surface area contributed by atoms with Crippen LogP contribution in [0.4, 0.5) is 5.69 Å². The van der Waals surface area contributed by atoms with Crippen molar-refractivity contribution in [2.45, 2.75) is 32.4 Å². The Hall–Kier alpha value is -2.83. The average Bonchev–Trinajstić information content (AvgIpc) is 2.65. The van der Waals surface area contributed by atoms with E-state index < -0.39 is 11.2 Å². The van der Waals surface area contributed by atoms with E-state index in [-0.39, 0.29) is 12.5 Å². The molecule has 1 saturated heterocycles. The van der Waals surface area contributed by atoms with Crippen LogP contribution in [0, 0.1) is 0 Å². The monoisotopic (exact) mass is 356 g/mol. The number of H-pyrrole nitrogens is 1. The zero-order valence-electron chi connectivity index (χ0n) is 15.0. The maximum absolute atomic E-state index is 12.5. The van der Waals surface area contributed by atoms with Gasteiger partial charge in [0.05, 0.1) is 0 Å². The minimum absolute atomic E-state index is 0.0992. The number of anilines is 1. The number of benzene rings is 1. The first-order chi connectivity index (χ1) is 12.5. The first kappa shape index (κ1) is 18.0. The third kappa shape index (κ3) is 4.22. The van der Waals surface area contributed by atoms with Gasteiger partial charge < -0.3 is 9.80 Å². The highest BCUT2D eigenvalue weighted by Gasteiger charge is 2.17. The number of piperidine rings is 1. The van der Waals surface area contributed by atoms with Gasteiger partial charge in [-0.3, -0.25) is 19.1 Å². The molecule has 3 rings (SSSR count). The van der Waals surface area contributed by atoms with E-state index in [1.165, 1.54) is 41.8 Å². The summed E-state index contributed by atoms with van der Waals surface area (Å²) in [4.78, 5) is 41.5. The van der Waals surface area contributed by atoms with Crippen LogP contribution in [0.5, 0.6) is 0 Å². The molecule has 1 fully saturated rings. The van der Waals surface area contributed by atoms with Gasteiger partial charge in [0.15, 0.2) is 0 Å². The molecule has 0 spiro atoms. The van der Waals surface area contributed by atoms with Crippen molar-refractivity contribution in [1.29, 1.82) is 0 Å². The molecule has 7 heteroatoms. The van der Waals surface area contributed by atoms with Crippen LogP contribution in [0.25, 0.3) is 0 Å². The summed E-state index contributed by atoms with van der Waals surface area (Å²) in [6, 6.07) is 9.38. The van der Waals surface area contributed by atoms with E-state index in [1.54, 1.807) is 11.9 Å². The number of hydrogen-bond donors (Lipinski definition) is 1. The number of nitrogens with one attached hydrogen (secondary N) is 1. The van der Waals surface area contributed by atoms with E-state index in [0.717, 1.165) is 18.7 Å². The quantitative estimate of drug-likeness (QED) is 0.873. The van der Waals surface area contributed by atoms with Gasteiger partial charge in [0, 0.05) is 44.6 Å². The molecular formula is C19H24N4O3. The normalized spacial score (nSPS) is 14.3. The molecule has 1 aliphatic rings. The molecule has 7 nitrogen and oxygen atoms in total. The SMILES string of the molecule is CN(Cc1ccccc1N1CCCCC1)C(=O)Cn1ccc(=O)[nH]c1=O. The average molecular weight is 356 g/mol. The summed E-state index contributed by atoms with van der Waals surface area (Å²) in [6.45, 7) is 2.46. The number of rotatable bonds is 5. The van der Waals surface area contributed by atoms with Crippen LogP contribution in [-0.2, 0) is 17.9 Å². The van der Waals surface area contributed by atoms with Crippen LogP contribution in [-0.4, -0.2) is 40.5 Å². The Kier molecular flexibility index (Phi) is 5.55. The minimum atomic E-state index is -0.576. The maximum Gasteiger partial charge on any atom is 0.328 e. The van der Waals surface area contributed by atoms with Gasteiger partial charge in [0.25, 0.3) is 5.56 Å². The molecule has 0 saturated carbocycles. The zero-order valence-corrected chi connectivity index (χ0v) is 15.0. The molecule has 2 heterocycles. The molecule has 0 bridgehead atoms. The summed E-state index contributed by atoms with van der Waals surface area (Å²) in [5, 5.41) is 0. The van der Waals surface area contributed by atoms with Crippen molar-refractivity contribution >= 4 is 11.6 Å². The van der Waals surface area contributed by atoms with Gasteiger partial charge in [-0.2, -0.15) is 0 Å². The van der Waals surface area contributed by atoms with Crippen molar-refractivity contribution in [1.82, 2.24) is 14.5 Å². The summed E-state index contributed by atoms with van der Waals surface area (Å²) < 4.78 is 1.21. The Balaban J connectivity index is 1.71. The lowest BCUT2D eigenvalue weighted by Gasteiger charge is -2.31. The van der Waals surface area contributed by atoms with Crippen molar-refractivity contribution in [2.24, 2.45) is 0 Å². The third-order valence-electron chi connectivity index (χ3n) is 4.72. The van der Waals surface area contributed by atoms with Gasteiger partial charge >= 0.3 is 5.69 Å². The number of carbonyl (C=O) groups excluding carboxylic acids is 1. The molecule has 1 aromatic carbocycles. The Morgan fingerprint density at radius 3 is 2.58 bits per heavy atom. The van der Waals surface area contributed by atoms with Gasteiger partial charge in [-0.1, -0.05) is 18.2 Å². The molecule has 0 radical (unpaired) electrons. The van der Waals surface area contributed by atoms with Crippen LogP contribution in [0.15, 0.2) is 46.1 Å². The van der Waals surface area contributed by atoms with E-state index in [0.29, 0.717) is 6.54 Å². The van der Waals surface area contributed by atoms with Gasteiger partial charge in [-0.05, 0) is 30.9 Å². The summed E-state index contributed by atoms with van der Waals surface area (Å²) in [6.07, 6.45) is 5.00. The molecule has 26 heavy (non-hydrogen) atoms. The molecule has 0 atom stereocenters. The standard InChI is InChI=1S/C19H24N4O3/c1-21(18(25)14-23-12-9-17(24)20-19(23)26)13-15-7-3-4-8-16(15)22-10-5-2-6-11-22/h3-4,7-9,12H,2,5-6,10-11,13-14H2,1H3,(H,20,24,26). The lowest BCUT2D eigenvalue weighted by Crippen LogP contribution is -2.36. The van der Waals surface area contributed by atoms with Crippen LogP contribution >= 0.6 is 0 Å². The Labute approximate surface area is 151 Å². The van der Waals surface area contributed by atoms with Gasteiger partial charge in [0.2, 0.25) is 5.91 Å². The molecule has 0 unspecified atom stereocenters. The van der Waals surface area contributed by atoms with Crippen molar-refractivity contribution in [3.8, 4) is 0 Å². The van der Waals surface area contributed by atoms with E-state index in [9.17, 15) is 14.4 Å². The van der Waals surface area contributed by atoms with Crippen LogP contribution < -0.4 is 16.1 Å². The zero-order chi connectivity index (χ0) is 18.5. The second-order valence-corrected chi connectivity index (χ2v) is 6.66. The summed E-state index contributed by atoms with van der Waals surface area (Å²) in [7, 11) is 1.73. The molecule has 1 aliphatic heterocycles. The fraction of sp³-hybridized carbons (Fsp3) is 0.421. The maximum atomic E-state index is 12.5. The van der Waals surface area contributed by atoms with E-state index >= 15 is 0 Å². The highest BCUT2D eigenvalue weighted by Crippen LogP contribution is 2.25. The lowest BCUT2D eigenvalue weighted by molar-refractivity contribution is -0.131. The van der Waals surface area contributed by atoms with E-state index in [2.05, 4.69) is 16.0 Å². The fourth-order valence-electron chi connectivity index (χ4n) is 3.27. The minimum Gasteiger partial charge on any atom is -0.371 e. The number of aromatic amines is 1. The second-order valence-electron chi connectivity index (χ2n) is 6.66. The van der Waals surface area contributed by atoms with Gasteiger partial charge in [0.1, 0.15) is 6.54 Å². The Morgan fingerprint density at radius 2 is 1.85 bits per heavy atom. The number of hydrogen-bond acceptors (Lipinski definition) is 4. The first-order valence-corrected chi connectivity index (χ1v) is 8.91. The van der Waals surface area contributed by atoms with Crippen LogP contribution in [0.1, 0.15) is 24.8 Å². The number of para-hydroxylation sites is 1. The second kappa shape index (κ2) is 8.03. The Bertz CT molecular complexity index is 881. The summed E-state index contributed by atoms with van der Waals surface area (Å²) in [5.74, 6) is -0.187. The number of aromatic nitrogens is 2. The van der Waals surface area contributed by atoms with Gasteiger partial charge in [-0.15, -0.1) is 0 Å². The molecule has 1 N–H and O–H groups in total. The van der Waals surface area contributed by atoms with Crippen LogP contribution in [0.3, 0.4) is 0 Å². The fourth-order valence-corrected chi connectivity index (χ4v) is 3.27. The topological polar surface area (TPSA) is 78.4 Å². The lowest BCUT2D eigenvalue weighted by atomic mass is 10.1. The number of amides is 1. The number of nitrogens with zero attached hydrogens (tertiary/aromatic N) is 3. The smallest absolute Gasteiger partial charge is 0.328 e. The van der Waals surface area contributed by atoms with Crippen molar-refractivity contribution in [2.75, 3.05) is 25.0 Å². The highest BCUT2D eigenvalue weighted by atomic mass is 16.2. The highest BCUT2D eigenvalue weighted by molar-refractivity contribution is 5.76. The molecule has 1 amide bonds. The summed E-state index contributed by atoms with van der Waals surface area (Å²) >= 11 is 0. The van der Waals surface area contributed by atoms with Crippen molar-refractivity contribution in [3.63, 3.8) is 0 Å². The Morgan fingerprint density at radius 1 is 1.12 bits per heavy atom. The summed E-state index contributed by atoms with van der Waals surface area (Å²) in [5.41, 5.74) is 1.22. The van der Waals surface area contributed by atoms with Gasteiger partial charge in [-0.25, -0.2) is 4.79 Å². The van der Waals surface area contributed by atoms with E-state index in [1.807, 2.05) is 18.2 Å². The van der Waals surface area contributed by atoms with Crippen molar-refractivity contribution < 1.29 is 4.79 Å². The van der Waals surface area contributed by atoms with Crippen molar-refractivity contribution in [3.05, 3.63) is 62.9 Å². The molecule has 2 aromatic rings. The number of carbonyl (C=O) groups is 1. The largest absolute Gasteiger partial charge is 0.371 e. The predicted molar refractivity (Wildman–Crippen MR) is 100 cm³/mol. The van der Waals surface area contributed by atoms with E-state index in [4.69, 9.17) is 0 Å². The molecule has 0 aliphatic carbocycles. The predicted octanol–water partition coefficient (Wildman–Crippen LogP) is 1.19. The van der Waals surface area contributed by atoms with Crippen LogP contribution in [0.2, 0.25) is 0 Å². The molecule has 1 aromatic heterocycles. The third-order valence-corrected chi connectivity index (χ3v) is 4.72. The molecular weight excluding hydrogens is 332 g/mol. The molecule has 138 valence electrons.